The number of imidazole rings is 1. The fourth-order valence-corrected chi connectivity index (χ4v) is 2.71. The molecule has 0 unspecified atom stereocenters. The Bertz CT molecular complexity index is 723. The molecule has 2 heterocycles. The van der Waals surface area contributed by atoms with Gasteiger partial charge in [-0.25, -0.2) is 4.98 Å². The normalized spacial score (nSPS) is 11.3. The number of nitrogens with one attached hydrogen (secondary N) is 1. The molecule has 4 nitrogen and oxygen atoms in total. The number of aromatic nitrogens is 3. The van der Waals surface area contributed by atoms with Gasteiger partial charge >= 0.3 is 0 Å². The summed E-state index contributed by atoms with van der Waals surface area (Å²) >= 11 is 0. The maximum absolute atomic E-state index is 4.20. The molecular formula is C17H22N4. The van der Waals surface area contributed by atoms with Gasteiger partial charge in [0, 0.05) is 36.9 Å². The molecule has 0 spiro atoms. The quantitative estimate of drug-likeness (QED) is 0.705. The Balaban J connectivity index is 1.93. The fraction of sp³-hybridized carbons (Fsp3) is 0.353. The molecule has 0 aliphatic carbocycles. The molecule has 0 bridgehead atoms. The minimum absolute atomic E-state index is 0.852. The minimum atomic E-state index is 0.852. The highest BCUT2D eigenvalue weighted by Crippen LogP contribution is 2.22. The van der Waals surface area contributed by atoms with Gasteiger partial charge in [0.25, 0.3) is 0 Å². The van der Waals surface area contributed by atoms with Crippen LogP contribution in [0.25, 0.3) is 10.9 Å². The molecule has 0 fully saturated rings. The number of aryl methyl sites for hydroxylation is 1. The van der Waals surface area contributed by atoms with Gasteiger partial charge in [0.15, 0.2) is 0 Å². The van der Waals surface area contributed by atoms with Gasteiger partial charge in [0.05, 0.1) is 18.6 Å². The van der Waals surface area contributed by atoms with E-state index in [1.165, 1.54) is 22.2 Å². The van der Waals surface area contributed by atoms with Crippen molar-refractivity contribution < 1.29 is 0 Å². The molecule has 2 aromatic heterocycles. The Kier molecular flexibility index (Phi) is 4.06. The Hall–Kier alpha value is -2.07. The van der Waals surface area contributed by atoms with Crippen molar-refractivity contribution in [3.63, 3.8) is 0 Å². The van der Waals surface area contributed by atoms with Crippen molar-refractivity contribution in [3.8, 4) is 0 Å². The SMILES string of the molecule is CCCNCc1cn(Cc2cncn2C)c2ccccc12. The molecular weight excluding hydrogens is 260 g/mol. The number of fused-ring (bicyclic) bond motifs is 1. The van der Waals surface area contributed by atoms with Crippen LogP contribution in [0.1, 0.15) is 24.6 Å². The molecule has 4 heteroatoms. The van der Waals surface area contributed by atoms with Crippen molar-refractivity contribution >= 4 is 10.9 Å². The lowest BCUT2D eigenvalue weighted by molar-refractivity contribution is 0.673. The molecule has 1 aromatic carbocycles. The van der Waals surface area contributed by atoms with E-state index in [9.17, 15) is 0 Å². The van der Waals surface area contributed by atoms with Crippen LogP contribution in [0.5, 0.6) is 0 Å². The molecule has 3 rings (SSSR count). The van der Waals surface area contributed by atoms with Crippen LogP contribution in [-0.4, -0.2) is 20.7 Å². The Morgan fingerprint density at radius 2 is 2.10 bits per heavy atom. The van der Waals surface area contributed by atoms with Crippen molar-refractivity contribution in [1.29, 1.82) is 0 Å². The molecule has 21 heavy (non-hydrogen) atoms. The van der Waals surface area contributed by atoms with E-state index in [0.717, 1.165) is 26.1 Å². The first kappa shape index (κ1) is 13.9. The van der Waals surface area contributed by atoms with Crippen molar-refractivity contribution in [1.82, 2.24) is 19.4 Å². The highest BCUT2D eigenvalue weighted by Gasteiger charge is 2.09. The largest absolute Gasteiger partial charge is 0.341 e. The van der Waals surface area contributed by atoms with Gasteiger partial charge in [0.2, 0.25) is 0 Å². The molecule has 0 aliphatic rings. The number of para-hydroxylation sites is 1. The van der Waals surface area contributed by atoms with Gasteiger partial charge in [-0.3, -0.25) is 0 Å². The van der Waals surface area contributed by atoms with Crippen molar-refractivity contribution in [2.45, 2.75) is 26.4 Å². The van der Waals surface area contributed by atoms with Gasteiger partial charge in [-0.15, -0.1) is 0 Å². The van der Waals surface area contributed by atoms with Crippen LogP contribution < -0.4 is 5.32 Å². The predicted molar refractivity (Wildman–Crippen MR) is 86.2 cm³/mol. The molecule has 0 atom stereocenters. The third-order valence-electron chi connectivity index (χ3n) is 3.86. The van der Waals surface area contributed by atoms with E-state index in [1.807, 2.05) is 19.6 Å². The Morgan fingerprint density at radius 3 is 2.86 bits per heavy atom. The molecule has 1 N–H and O–H groups in total. The summed E-state index contributed by atoms with van der Waals surface area (Å²) in [4.78, 5) is 4.20. The summed E-state index contributed by atoms with van der Waals surface area (Å²) < 4.78 is 4.39. The fourth-order valence-electron chi connectivity index (χ4n) is 2.71. The van der Waals surface area contributed by atoms with Gasteiger partial charge in [0.1, 0.15) is 0 Å². The highest BCUT2D eigenvalue weighted by atomic mass is 15.1. The Morgan fingerprint density at radius 1 is 1.24 bits per heavy atom. The van der Waals surface area contributed by atoms with Crippen LogP contribution in [-0.2, 0) is 20.1 Å². The van der Waals surface area contributed by atoms with Gasteiger partial charge in [-0.2, -0.15) is 0 Å². The Labute approximate surface area is 125 Å². The first-order valence-corrected chi connectivity index (χ1v) is 7.52. The van der Waals surface area contributed by atoms with Crippen LogP contribution in [0.4, 0.5) is 0 Å². The van der Waals surface area contributed by atoms with E-state index in [1.54, 1.807) is 0 Å². The van der Waals surface area contributed by atoms with E-state index in [2.05, 4.69) is 56.8 Å². The second-order valence-corrected chi connectivity index (χ2v) is 5.47. The van der Waals surface area contributed by atoms with Crippen LogP contribution in [0.2, 0.25) is 0 Å². The minimum Gasteiger partial charge on any atom is -0.341 e. The number of rotatable bonds is 6. The third kappa shape index (κ3) is 2.85. The number of nitrogens with zero attached hydrogens (tertiary/aromatic N) is 3. The zero-order chi connectivity index (χ0) is 14.7. The smallest absolute Gasteiger partial charge is 0.0946 e. The van der Waals surface area contributed by atoms with E-state index in [0.29, 0.717) is 0 Å². The van der Waals surface area contributed by atoms with E-state index < -0.39 is 0 Å². The summed E-state index contributed by atoms with van der Waals surface area (Å²) in [6.45, 7) is 5.03. The summed E-state index contributed by atoms with van der Waals surface area (Å²) in [5.41, 5.74) is 3.86. The lowest BCUT2D eigenvalue weighted by Gasteiger charge is -2.05. The lowest BCUT2D eigenvalue weighted by atomic mass is 10.2. The van der Waals surface area contributed by atoms with Gasteiger partial charge in [-0.05, 0) is 24.6 Å². The van der Waals surface area contributed by atoms with Crippen LogP contribution in [0.15, 0.2) is 43.0 Å². The van der Waals surface area contributed by atoms with Gasteiger partial charge < -0.3 is 14.5 Å². The third-order valence-corrected chi connectivity index (χ3v) is 3.86. The second kappa shape index (κ2) is 6.14. The summed E-state index contributed by atoms with van der Waals surface area (Å²) in [5, 5.41) is 4.83. The van der Waals surface area contributed by atoms with E-state index >= 15 is 0 Å². The zero-order valence-corrected chi connectivity index (χ0v) is 12.7. The number of hydrogen-bond donors (Lipinski definition) is 1. The summed E-state index contributed by atoms with van der Waals surface area (Å²) in [5.74, 6) is 0. The summed E-state index contributed by atoms with van der Waals surface area (Å²) in [6, 6.07) is 8.61. The average molecular weight is 282 g/mol. The van der Waals surface area contributed by atoms with Crippen molar-refractivity contribution in [2.24, 2.45) is 7.05 Å². The van der Waals surface area contributed by atoms with Crippen LogP contribution in [0.3, 0.4) is 0 Å². The molecule has 0 aliphatic heterocycles. The molecule has 0 saturated carbocycles. The first-order chi connectivity index (χ1) is 10.3. The molecule has 0 amide bonds. The maximum atomic E-state index is 4.20. The van der Waals surface area contributed by atoms with E-state index in [4.69, 9.17) is 0 Å². The topological polar surface area (TPSA) is 34.8 Å². The second-order valence-electron chi connectivity index (χ2n) is 5.47. The summed E-state index contributed by atoms with van der Waals surface area (Å²) in [6.07, 6.45) is 7.21. The van der Waals surface area contributed by atoms with Gasteiger partial charge in [-0.1, -0.05) is 25.1 Å². The summed E-state index contributed by atoms with van der Waals surface area (Å²) in [7, 11) is 2.04. The number of hydrogen-bond acceptors (Lipinski definition) is 2. The van der Waals surface area contributed by atoms with Crippen molar-refractivity contribution in [2.75, 3.05) is 6.54 Å². The molecule has 110 valence electrons. The molecule has 3 aromatic rings. The van der Waals surface area contributed by atoms with Crippen LogP contribution in [0, 0.1) is 0 Å². The monoisotopic (exact) mass is 282 g/mol. The molecule has 0 radical (unpaired) electrons. The highest BCUT2D eigenvalue weighted by molar-refractivity contribution is 5.84. The molecule has 0 saturated heterocycles. The lowest BCUT2D eigenvalue weighted by Crippen LogP contribution is -2.13. The van der Waals surface area contributed by atoms with Crippen LogP contribution >= 0.6 is 0 Å². The number of benzene rings is 1. The predicted octanol–water partition coefficient (Wildman–Crippen LogP) is 2.92. The van der Waals surface area contributed by atoms with E-state index in [-0.39, 0.29) is 0 Å². The van der Waals surface area contributed by atoms with Crippen molar-refractivity contribution in [3.05, 3.63) is 54.2 Å². The average Bonchev–Trinajstić information content (AvgIpc) is 3.05. The standard InChI is InChI=1S/C17H22N4/c1-3-8-18-9-14-11-21(12-15-10-19-13-20(15)2)17-7-5-4-6-16(14)17/h4-7,10-11,13,18H,3,8-9,12H2,1-2H3. The first-order valence-electron chi connectivity index (χ1n) is 7.52. The zero-order valence-electron chi connectivity index (χ0n) is 12.7. The maximum Gasteiger partial charge on any atom is 0.0946 e.